The predicted octanol–water partition coefficient (Wildman–Crippen LogP) is 4.44. The van der Waals surface area contributed by atoms with Gasteiger partial charge in [-0.1, -0.05) is 6.07 Å². The molecule has 5 rings (SSSR count). The van der Waals surface area contributed by atoms with Gasteiger partial charge in [0.05, 0.1) is 24.0 Å². The molecule has 7 nitrogen and oxygen atoms in total. The van der Waals surface area contributed by atoms with Crippen LogP contribution in [0.15, 0.2) is 47.1 Å². The number of aldehydes is 1. The number of piperidine rings is 1. The van der Waals surface area contributed by atoms with E-state index in [-0.39, 0.29) is 17.5 Å². The molecule has 1 aliphatic rings. The SMILES string of the molecule is Cc1cc(C=O)c(-n2nccn2)c(N2C[C@H](c3nc4cccc(F)c4o3)CC[C@H]2C)c1. The Labute approximate surface area is 178 Å². The Bertz CT molecular complexity index is 1250. The van der Waals surface area contributed by atoms with Gasteiger partial charge in [0.1, 0.15) is 11.2 Å². The van der Waals surface area contributed by atoms with E-state index in [4.69, 9.17) is 4.42 Å². The Hall–Kier alpha value is -3.55. The standard InChI is InChI=1S/C23H22FN5O2/c1-14-10-17(13-30)21(29-25-8-9-26-29)20(11-14)28-12-16(7-6-15(28)2)23-27-19-5-3-4-18(24)22(19)31-23/h3-5,8-11,13,15-16H,6-7,12H2,1-2H3/t15-,16-/m1/s1. The predicted molar refractivity (Wildman–Crippen MR) is 114 cm³/mol. The number of aromatic nitrogens is 4. The quantitative estimate of drug-likeness (QED) is 0.455. The molecule has 1 fully saturated rings. The van der Waals surface area contributed by atoms with Crippen molar-refractivity contribution >= 4 is 23.1 Å². The number of aryl methyl sites for hydroxylation is 1. The van der Waals surface area contributed by atoms with Crippen molar-refractivity contribution in [2.24, 2.45) is 0 Å². The first-order valence-corrected chi connectivity index (χ1v) is 10.3. The molecule has 0 amide bonds. The van der Waals surface area contributed by atoms with Crippen molar-refractivity contribution in [2.75, 3.05) is 11.4 Å². The minimum absolute atomic E-state index is 0.00150. The number of anilines is 1. The number of halogens is 1. The van der Waals surface area contributed by atoms with Crippen LogP contribution in [0.2, 0.25) is 0 Å². The number of hydrogen-bond acceptors (Lipinski definition) is 6. The first kappa shape index (κ1) is 19.4. The zero-order chi connectivity index (χ0) is 21.5. The normalized spacial score (nSPS) is 19.1. The number of benzene rings is 2. The van der Waals surface area contributed by atoms with Gasteiger partial charge in [-0.15, -0.1) is 4.80 Å². The van der Waals surface area contributed by atoms with Gasteiger partial charge >= 0.3 is 0 Å². The second-order valence-corrected chi connectivity index (χ2v) is 8.07. The maximum atomic E-state index is 14.1. The van der Waals surface area contributed by atoms with E-state index in [9.17, 15) is 9.18 Å². The van der Waals surface area contributed by atoms with Crippen molar-refractivity contribution < 1.29 is 13.6 Å². The smallest absolute Gasteiger partial charge is 0.200 e. The van der Waals surface area contributed by atoms with Crippen LogP contribution in [-0.2, 0) is 0 Å². The molecule has 2 aromatic carbocycles. The lowest BCUT2D eigenvalue weighted by Crippen LogP contribution is -2.42. The van der Waals surface area contributed by atoms with Gasteiger partial charge in [0, 0.05) is 18.2 Å². The Kier molecular flexibility index (Phi) is 4.77. The van der Waals surface area contributed by atoms with Crippen LogP contribution in [0.4, 0.5) is 10.1 Å². The Morgan fingerprint density at radius 2 is 2.00 bits per heavy atom. The highest BCUT2D eigenvalue weighted by Crippen LogP contribution is 2.38. The fraction of sp³-hybridized carbons (Fsp3) is 0.304. The summed E-state index contributed by atoms with van der Waals surface area (Å²) in [6, 6.07) is 8.89. The van der Waals surface area contributed by atoms with E-state index in [0.717, 1.165) is 30.4 Å². The second kappa shape index (κ2) is 7.61. The number of nitrogens with zero attached hydrogens (tertiary/aromatic N) is 5. The van der Waals surface area contributed by atoms with Gasteiger partial charge in [-0.3, -0.25) is 4.79 Å². The van der Waals surface area contributed by atoms with Crippen LogP contribution in [0.1, 0.15) is 47.5 Å². The summed E-state index contributed by atoms with van der Waals surface area (Å²) in [5, 5.41) is 8.54. The van der Waals surface area contributed by atoms with Gasteiger partial charge in [0.15, 0.2) is 17.7 Å². The van der Waals surface area contributed by atoms with Crippen LogP contribution >= 0.6 is 0 Å². The second-order valence-electron chi connectivity index (χ2n) is 8.07. The zero-order valence-electron chi connectivity index (χ0n) is 17.3. The zero-order valence-corrected chi connectivity index (χ0v) is 17.3. The summed E-state index contributed by atoms with van der Waals surface area (Å²) in [5.74, 6) is 0.138. The third-order valence-electron chi connectivity index (χ3n) is 5.93. The average molecular weight is 419 g/mol. The number of rotatable bonds is 4. The van der Waals surface area contributed by atoms with Gasteiger partial charge in [0.25, 0.3) is 0 Å². The highest BCUT2D eigenvalue weighted by atomic mass is 19.1. The molecule has 8 heteroatoms. The average Bonchev–Trinajstić information content (AvgIpc) is 3.44. The van der Waals surface area contributed by atoms with Crippen molar-refractivity contribution in [3.63, 3.8) is 0 Å². The molecule has 31 heavy (non-hydrogen) atoms. The van der Waals surface area contributed by atoms with Crippen molar-refractivity contribution in [1.82, 2.24) is 20.0 Å². The lowest BCUT2D eigenvalue weighted by Gasteiger charge is -2.39. The van der Waals surface area contributed by atoms with Gasteiger partial charge in [-0.2, -0.15) is 10.2 Å². The van der Waals surface area contributed by atoms with E-state index in [0.29, 0.717) is 29.2 Å². The summed E-state index contributed by atoms with van der Waals surface area (Å²) >= 11 is 0. The van der Waals surface area contributed by atoms with E-state index < -0.39 is 5.82 Å². The molecule has 158 valence electrons. The minimum atomic E-state index is -0.404. The fourth-order valence-electron chi connectivity index (χ4n) is 4.40. The molecule has 2 aromatic heterocycles. The molecule has 1 saturated heterocycles. The monoisotopic (exact) mass is 419 g/mol. The molecule has 3 heterocycles. The highest BCUT2D eigenvalue weighted by molar-refractivity contribution is 5.87. The van der Waals surface area contributed by atoms with Gasteiger partial charge < -0.3 is 9.32 Å². The minimum Gasteiger partial charge on any atom is -0.437 e. The number of carbonyl (C=O) groups excluding carboxylic acids is 1. The van der Waals surface area contributed by atoms with E-state index >= 15 is 0 Å². The van der Waals surface area contributed by atoms with Crippen LogP contribution < -0.4 is 4.90 Å². The fourth-order valence-corrected chi connectivity index (χ4v) is 4.40. The molecular weight excluding hydrogens is 397 g/mol. The van der Waals surface area contributed by atoms with Gasteiger partial charge in [-0.25, -0.2) is 9.37 Å². The number of para-hydroxylation sites is 1. The number of oxazole rings is 1. The van der Waals surface area contributed by atoms with E-state index in [1.807, 2.05) is 13.0 Å². The lowest BCUT2D eigenvalue weighted by molar-refractivity contribution is 0.112. The summed E-state index contributed by atoms with van der Waals surface area (Å²) in [7, 11) is 0. The van der Waals surface area contributed by atoms with Crippen molar-refractivity contribution in [2.45, 2.75) is 38.6 Å². The summed E-state index contributed by atoms with van der Waals surface area (Å²) < 4.78 is 19.9. The van der Waals surface area contributed by atoms with Gasteiger partial charge in [-0.05, 0) is 56.5 Å². The summed E-state index contributed by atoms with van der Waals surface area (Å²) in [5.41, 5.74) is 3.78. The molecule has 0 radical (unpaired) electrons. The molecule has 1 aliphatic heterocycles. The van der Waals surface area contributed by atoms with Crippen LogP contribution in [0.5, 0.6) is 0 Å². The molecule has 0 saturated carbocycles. The molecule has 0 bridgehead atoms. The van der Waals surface area contributed by atoms with Crippen molar-refractivity contribution in [3.05, 3.63) is 65.6 Å². The molecular formula is C23H22FN5O2. The molecule has 0 aliphatic carbocycles. The molecule has 0 N–H and O–H groups in total. The van der Waals surface area contributed by atoms with Crippen LogP contribution in [0, 0.1) is 12.7 Å². The maximum absolute atomic E-state index is 14.1. The van der Waals surface area contributed by atoms with E-state index in [1.54, 1.807) is 24.5 Å². The highest BCUT2D eigenvalue weighted by Gasteiger charge is 2.32. The number of hydrogen-bond donors (Lipinski definition) is 0. The third kappa shape index (κ3) is 3.37. The Balaban J connectivity index is 1.57. The van der Waals surface area contributed by atoms with Gasteiger partial charge in [0.2, 0.25) is 5.89 Å². The van der Waals surface area contributed by atoms with Crippen LogP contribution in [-0.4, -0.2) is 38.9 Å². The number of fused-ring (bicyclic) bond motifs is 1. The third-order valence-corrected chi connectivity index (χ3v) is 5.93. The largest absolute Gasteiger partial charge is 0.437 e. The first-order valence-electron chi connectivity index (χ1n) is 10.3. The molecule has 0 spiro atoms. The lowest BCUT2D eigenvalue weighted by atomic mass is 9.92. The molecule has 2 atom stereocenters. The maximum Gasteiger partial charge on any atom is 0.200 e. The molecule has 0 unspecified atom stereocenters. The van der Waals surface area contributed by atoms with E-state index in [2.05, 4.69) is 33.1 Å². The summed E-state index contributed by atoms with van der Waals surface area (Å²) in [6.45, 7) is 4.75. The first-order chi connectivity index (χ1) is 15.0. The molecule has 4 aromatic rings. The summed E-state index contributed by atoms with van der Waals surface area (Å²) in [6.07, 6.45) is 5.81. The topological polar surface area (TPSA) is 77.1 Å². The van der Waals surface area contributed by atoms with Crippen molar-refractivity contribution in [1.29, 1.82) is 0 Å². The van der Waals surface area contributed by atoms with Crippen molar-refractivity contribution in [3.8, 4) is 5.69 Å². The van der Waals surface area contributed by atoms with E-state index in [1.165, 1.54) is 10.9 Å². The summed E-state index contributed by atoms with van der Waals surface area (Å²) in [4.78, 5) is 20.2. The van der Waals surface area contributed by atoms with Crippen LogP contribution in [0.25, 0.3) is 16.8 Å². The Morgan fingerprint density at radius 3 is 2.74 bits per heavy atom. The Morgan fingerprint density at radius 1 is 1.19 bits per heavy atom. The van der Waals surface area contributed by atoms with Crippen LogP contribution in [0.3, 0.4) is 0 Å². The number of carbonyl (C=O) groups is 1.